The van der Waals surface area contributed by atoms with Crippen LogP contribution in [0, 0.1) is 13.8 Å². The highest BCUT2D eigenvalue weighted by molar-refractivity contribution is 6.30. The van der Waals surface area contributed by atoms with Crippen LogP contribution >= 0.6 is 11.6 Å². The van der Waals surface area contributed by atoms with Crippen molar-refractivity contribution in [2.75, 3.05) is 7.11 Å². The number of nitrogens with zero attached hydrogens (tertiary/aromatic N) is 1. The number of hydrogen-bond acceptors (Lipinski definition) is 3. The molecule has 1 aromatic heterocycles. The molecule has 13 heavy (non-hydrogen) atoms. The summed E-state index contributed by atoms with van der Waals surface area (Å²) >= 11 is 5.80. The lowest BCUT2D eigenvalue weighted by atomic mass is 10.1. The Morgan fingerprint density at radius 2 is 2.15 bits per heavy atom. The first-order valence-corrected chi connectivity index (χ1v) is 4.16. The maximum absolute atomic E-state index is 11.2. The standard InChI is InChI=1S/C9H10ClNO2/c1-5-4-7(9(12)13-3)6(2)8(10)11-5/h4H,1-3H3. The molecule has 0 radical (unpaired) electrons. The van der Waals surface area contributed by atoms with Crippen LogP contribution in [-0.2, 0) is 4.74 Å². The third-order valence-corrected chi connectivity index (χ3v) is 2.11. The van der Waals surface area contributed by atoms with E-state index in [1.54, 1.807) is 19.9 Å². The van der Waals surface area contributed by atoms with Crippen molar-refractivity contribution in [1.82, 2.24) is 4.98 Å². The fourth-order valence-corrected chi connectivity index (χ4v) is 1.26. The van der Waals surface area contributed by atoms with Crippen molar-refractivity contribution < 1.29 is 9.53 Å². The van der Waals surface area contributed by atoms with E-state index in [1.165, 1.54) is 7.11 Å². The number of aromatic nitrogens is 1. The quantitative estimate of drug-likeness (QED) is 0.514. The molecule has 0 atom stereocenters. The normalized spacial score (nSPS) is 9.85. The van der Waals surface area contributed by atoms with E-state index in [0.717, 1.165) is 0 Å². The summed E-state index contributed by atoms with van der Waals surface area (Å²) in [6.07, 6.45) is 0. The summed E-state index contributed by atoms with van der Waals surface area (Å²) in [6, 6.07) is 1.66. The minimum Gasteiger partial charge on any atom is -0.465 e. The molecule has 0 aliphatic carbocycles. The molecular formula is C9H10ClNO2. The van der Waals surface area contributed by atoms with Gasteiger partial charge in [0.25, 0.3) is 0 Å². The number of hydrogen-bond donors (Lipinski definition) is 0. The molecule has 0 spiro atoms. The van der Waals surface area contributed by atoms with Crippen LogP contribution in [0.5, 0.6) is 0 Å². The van der Waals surface area contributed by atoms with Gasteiger partial charge in [0, 0.05) is 11.3 Å². The Morgan fingerprint density at radius 1 is 1.54 bits per heavy atom. The first-order valence-electron chi connectivity index (χ1n) is 3.78. The summed E-state index contributed by atoms with van der Waals surface area (Å²) in [7, 11) is 1.34. The predicted molar refractivity (Wildman–Crippen MR) is 50.1 cm³/mol. The van der Waals surface area contributed by atoms with Gasteiger partial charge in [0.05, 0.1) is 12.7 Å². The number of rotatable bonds is 1. The van der Waals surface area contributed by atoms with Gasteiger partial charge in [0.1, 0.15) is 5.15 Å². The van der Waals surface area contributed by atoms with Gasteiger partial charge >= 0.3 is 5.97 Å². The van der Waals surface area contributed by atoms with Gasteiger partial charge in [-0.05, 0) is 19.9 Å². The van der Waals surface area contributed by atoms with Crippen molar-refractivity contribution in [1.29, 1.82) is 0 Å². The zero-order chi connectivity index (χ0) is 10.0. The van der Waals surface area contributed by atoms with Gasteiger partial charge in [0.2, 0.25) is 0 Å². The lowest BCUT2D eigenvalue weighted by Crippen LogP contribution is -2.05. The molecule has 0 N–H and O–H groups in total. The summed E-state index contributed by atoms with van der Waals surface area (Å²) in [6.45, 7) is 3.51. The van der Waals surface area contributed by atoms with Crippen molar-refractivity contribution in [2.24, 2.45) is 0 Å². The van der Waals surface area contributed by atoms with Gasteiger partial charge in [-0.25, -0.2) is 9.78 Å². The zero-order valence-corrected chi connectivity index (χ0v) is 8.47. The summed E-state index contributed by atoms with van der Waals surface area (Å²) in [4.78, 5) is 15.2. The second-order valence-electron chi connectivity index (χ2n) is 2.72. The minimum atomic E-state index is -0.384. The smallest absolute Gasteiger partial charge is 0.338 e. The van der Waals surface area contributed by atoms with E-state index in [-0.39, 0.29) is 5.97 Å². The number of carbonyl (C=O) groups excluding carboxylic acids is 1. The summed E-state index contributed by atoms with van der Waals surface area (Å²) in [5.41, 5.74) is 1.83. The average Bonchev–Trinajstić information content (AvgIpc) is 2.10. The van der Waals surface area contributed by atoms with Gasteiger partial charge in [-0.3, -0.25) is 0 Å². The Balaban J connectivity index is 3.28. The van der Waals surface area contributed by atoms with E-state index >= 15 is 0 Å². The first-order chi connectivity index (χ1) is 6.06. The van der Waals surface area contributed by atoms with Crippen LogP contribution in [0.15, 0.2) is 6.07 Å². The van der Waals surface area contributed by atoms with Gasteiger partial charge < -0.3 is 4.74 Å². The molecule has 0 saturated heterocycles. The van der Waals surface area contributed by atoms with Crippen molar-refractivity contribution in [3.63, 3.8) is 0 Å². The van der Waals surface area contributed by atoms with Crippen molar-refractivity contribution in [2.45, 2.75) is 13.8 Å². The molecule has 1 rings (SSSR count). The first kappa shape index (κ1) is 9.99. The molecule has 0 bridgehead atoms. The maximum atomic E-state index is 11.2. The average molecular weight is 200 g/mol. The van der Waals surface area contributed by atoms with Gasteiger partial charge in [0.15, 0.2) is 0 Å². The Hall–Kier alpha value is -1.09. The summed E-state index contributed by atoms with van der Waals surface area (Å²) in [5.74, 6) is -0.384. The van der Waals surface area contributed by atoms with Crippen LogP contribution in [0.4, 0.5) is 0 Å². The van der Waals surface area contributed by atoms with E-state index in [2.05, 4.69) is 9.72 Å². The molecule has 0 aliphatic heterocycles. The molecule has 0 aliphatic rings. The molecular weight excluding hydrogens is 190 g/mol. The Bertz CT molecular complexity index is 350. The maximum Gasteiger partial charge on any atom is 0.338 e. The molecule has 0 saturated carbocycles. The molecule has 0 aromatic carbocycles. The van der Waals surface area contributed by atoms with Crippen molar-refractivity contribution in [3.8, 4) is 0 Å². The SMILES string of the molecule is COC(=O)c1cc(C)nc(Cl)c1C. The monoisotopic (exact) mass is 199 g/mol. The van der Waals surface area contributed by atoms with Crippen LogP contribution < -0.4 is 0 Å². The van der Waals surface area contributed by atoms with Gasteiger partial charge in [-0.2, -0.15) is 0 Å². The van der Waals surface area contributed by atoms with Gasteiger partial charge in [-0.15, -0.1) is 0 Å². The topological polar surface area (TPSA) is 39.2 Å². The Kier molecular flexibility index (Phi) is 2.88. The molecule has 0 fully saturated rings. The van der Waals surface area contributed by atoms with E-state index in [1.807, 2.05) is 0 Å². The fraction of sp³-hybridized carbons (Fsp3) is 0.333. The lowest BCUT2D eigenvalue weighted by Gasteiger charge is -2.05. The van der Waals surface area contributed by atoms with Crippen LogP contribution in [0.2, 0.25) is 5.15 Å². The van der Waals surface area contributed by atoms with E-state index in [4.69, 9.17) is 11.6 Å². The fourth-order valence-electron chi connectivity index (χ4n) is 1.02. The minimum absolute atomic E-state index is 0.348. The number of halogens is 1. The molecule has 1 aromatic rings. The molecule has 4 heteroatoms. The molecule has 1 heterocycles. The molecule has 0 amide bonds. The van der Waals surface area contributed by atoms with Crippen molar-refractivity contribution in [3.05, 3.63) is 28.0 Å². The molecule has 3 nitrogen and oxygen atoms in total. The third kappa shape index (κ3) is 1.98. The summed E-state index contributed by atoms with van der Waals surface area (Å²) < 4.78 is 4.60. The number of carbonyl (C=O) groups is 1. The van der Waals surface area contributed by atoms with E-state index in [0.29, 0.717) is 22.0 Å². The second kappa shape index (κ2) is 3.75. The number of methoxy groups -OCH3 is 1. The highest BCUT2D eigenvalue weighted by atomic mass is 35.5. The van der Waals surface area contributed by atoms with Crippen LogP contribution in [0.3, 0.4) is 0 Å². The van der Waals surface area contributed by atoms with Gasteiger partial charge in [-0.1, -0.05) is 11.6 Å². The number of pyridine rings is 1. The highest BCUT2D eigenvalue weighted by Crippen LogP contribution is 2.18. The number of esters is 1. The zero-order valence-electron chi connectivity index (χ0n) is 7.72. The van der Waals surface area contributed by atoms with Crippen LogP contribution in [0.25, 0.3) is 0 Å². The predicted octanol–water partition coefficient (Wildman–Crippen LogP) is 2.14. The third-order valence-electron chi connectivity index (χ3n) is 1.75. The Morgan fingerprint density at radius 3 is 2.69 bits per heavy atom. The Labute approximate surface area is 81.7 Å². The molecule has 70 valence electrons. The number of ether oxygens (including phenoxy) is 1. The van der Waals surface area contributed by atoms with E-state index < -0.39 is 0 Å². The largest absolute Gasteiger partial charge is 0.465 e. The van der Waals surface area contributed by atoms with E-state index in [9.17, 15) is 4.79 Å². The second-order valence-corrected chi connectivity index (χ2v) is 3.08. The van der Waals surface area contributed by atoms with Crippen LogP contribution in [0.1, 0.15) is 21.6 Å². The lowest BCUT2D eigenvalue weighted by molar-refractivity contribution is 0.0599. The molecule has 0 unspecified atom stereocenters. The summed E-state index contributed by atoms with van der Waals surface area (Å²) in [5, 5.41) is 0.348. The number of aryl methyl sites for hydroxylation is 1. The highest BCUT2D eigenvalue weighted by Gasteiger charge is 2.12. The van der Waals surface area contributed by atoms with Crippen LogP contribution in [-0.4, -0.2) is 18.1 Å². The van der Waals surface area contributed by atoms with Crippen molar-refractivity contribution >= 4 is 17.6 Å².